The van der Waals surface area contributed by atoms with Crippen LogP contribution in [-0.2, 0) is 14.8 Å². The minimum atomic E-state index is -3.60. The summed E-state index contributed by atoms with van der Waals surface area (Å²) in [5, 5.41) is 5.05. The molecule has 132 valence electrons. The normalized spacial score (nSPS) is 15.2. The summed E-state index contributed by atoms with van der Waals surface area (Å²) in [5.74, 6) is -0.811. The maximum atomic E-state index is 12.6. The summed E-state index contributed by atoms with van der Waals surface area (Å²) < 4.78 is 27.1. The van der Waals surface area contributed by atoms with Gasteiger partial charge in [-0.2, -0.15) is 4.31 Å². The Labute approximate surface area is 150 Å². The van der Waals surface area contributed by atoms with Gasteiger partial charge in [-0.1, -0.05) is 0 Å². The molecule has 9 heteroatoms. The molecule has 1 aromatic carbocycles. The van der Waals surface area contributed by atoms with Crippen molar-refractivity contribution in [3.05, 3.63) is 28.2 Å². The number of rotatable bonds is 6. The summed E-state index contributed by atoms with van der Waals surface area (Å²) in [6.45, 7) is 3.08. The predicted molar refractivity (Wildman–Crippen MR) is 93.2 cm³/mol. The molecule has 1 aromatic rings. The predicted octanol–water partition coefficient (Wildman–Crippen LogP) is 1.10. The number of carbonyl (C=O) groups excluding carboxylic acids is 2. The Hall–Kier alpha value is -1.45. The van der Waals surface area contributed by atoms with E-state index in [1.165, 1.54) is 22.5 Å². The Kier molecular flexibility index (Phi) is 6.36. The SMILES string of the molecule is CCNC(=O)CNC(=O)c1cc(S(=O)(=O)N2CCCC2)ccc1Br. The molecule has 1 saturated heterocycles. The summed E-state index contributed by atoms with van der Waals surface area (Å²) in [6.07, 6.45) is 1.69. The van der Waals surface area contributed by atoms with Gasteiger partial charge < -0.3 is 10.6 Å². The number of benzene rings is 1. The van der Waals surface area contributed by atoms with Crippen molar-refractivity contribution in [2.45, 2.75) is 24.7 Å². The zero-order chi connectivity index (χ0) is 17.7. The van der Waals surface area contributed by atoms with E-state index in [1.54, 1.807) is 6.92 Å². The zero-order valence-corrected chi connectivity index (χ0v) is 15.7. The molecule has 0 unspecified atom stereocenters. The number of amides is 2. The van der Waals surface area contributed by atoms with E-state index in [4.69, 9.17) is 0 Å². The molecule has 0 bridgehead atoms. The molecule has 0 aromatic heterocycles. The Morgan fingerprint density at radius 3 is 2.50 bits per heavy atom. The van der Waals surface area contributed by atoms with Crippen LogP contribution < -0.4 is 10.6 Å². The van der Waals surface area contributed by atoms with Crippen LogP contribution in [-0.4, -0.2) is 50.7 Å². The van der Waals surface area contributed by atoms with E-state index in [-0.39, 0.29) is 22.9 Å². The number of hydrogen-bond donors (Lipinski definition) is 2. The molecular weight excluding hydrogens is 398 g/mol. The van der Waals surface area contributed by atoms with Gasteiger partial charge in [0, 0.05) is 24.1 Å². The lowest BCUT2D eigenvalue weighted by Gasteiger charge is -2.16. The van der Waals surface area contributed by atoms with Crippen LogP contribution in [0.5, 0.6) is 0 Å². The van der Waals surface area contributed by atoms with Crippen molar-refractivity contribution in [1.82, 2.24) is 14.9 Å². The average molecular weight is 418 g/mol. The lowest BCUT2D eigenvalue weighted by atomic mass is 10.2. The standard InChI is InChI=1S/C15H20BrN3O4S/c1-2-17-14(20)10-18-15(21)12-9-11(5-6-13(12)16)24(22,23)19-7-3-4-8-19/h5-6,9H,2-4,7-8,10H2,1H3,(H,17,20)(H,18,21). The third-order valence-electron chi connectivity index (χ3n) is 3.67. The van der Waals surface area contributed by atoms with Crippen LogP contribution >= 0.6 is 15.9 Å². The molecule has 0 atom stereocenters. The number of sulfonamides is 1. The maximum Gasteiger partial charge on any atom is 0.252 e. The van der Waals surface area contributed by atoms with Gasteiger partial charge in [0.25, 0.3) is 5.91 Å². The average Bonchev–Trinajstić information content (AvgIpc) is 3.08. The Bertz CT molecular complexity index is 730. The van der Waals surface area contributed by atoms with Crippen LogP contribution in [0, 0.1) is 0 Å². The highest BCUT2D eigenvalue weighted by molar-refractivity contribution is 9.10. The monoisotopic (exact) mass is 417 g/mol. The highest BCUT2D eigenvalue weighted by Gasteiger charge is 2.28. The third-order valence-corrected chi connectivity index (χ3v) is 6.25. The van der Waals surface area contributed by atoms with Crippen LogP contribution in [0.2, 0.25) is 0 Å². The summed E-state index contributed by atoms with van der Waals surface area (Å²) in [7, 11) is -3.60. The zero-order valence-electron chi connectivity index (χ0n) is 13.3. The molecule has 1 aliphatic heterocycles. The van der Waals surface area contributed by atoms with Gasteiger partial charge in [0.1, 0.15) is 0 Å². The van der Waals surface area contributed by atoms with Crippen molar-refractivity contribution in [3.63, 3.8) is 0 Å². The molecule has 2 amide bonds. The fourth-order valence-electron chi connectivity index (χ4n) is 2.43. The summed E-state index contributed by atoms with van der Waals surface area (Å²) in [4.78, 5) is 23.7. The van der Waals surface area contributed by atoms with Gasteiger partial charge in [-0.05, 0) is 53.9 Å². The van der Waals surface area contributed by atoms with Crippen molar-refractivity contribution < 1.29 is 18.0 Å². The van der Waals surface area contributed by atoms with Crippen LogP contribution in [0.1, 0.15) is 30.1 Å². The fraction of sp³-hybridized carbons (Fsp3) is 0.467. The quantitative estimate of drug-likeness (QED) is 0.724. The largest absolute Gasteiger partial charge is 0.355 e. The van der Waals surface area contributed by atoms with Crippen molar-refractivity contribution in [1.29, 1.82) is 0 Å². The van der Waals surface area contributed by atoms with Crippen LogP contribution in [0.3, 0.4) is 0 Å². The summed E-state index contributed by atoms with van der Waals surface area (Å²) >= 11 is 3.25. The molecule has 24 heavy (non-hydrogen) atoms. The van der Waals surface area contributed by atoms with Crippen LogP contribution in [0.15, 0.2) is 27.6 Å². The minimum absolute atomic E-state index is 0.0794. The number of carbonyl (C=O) groups is 2. The number of hydrogen-bond acceptors (Lipinski definition) is 4. The highest BCUT2D eigenvalue weighted by Crippen LogP contribution is 2.25. The molecule has 7 nitrogen and oxygen atoms in total. The topological polar surface area (TPSA) is 95.6 Å². The molecule has 2 rings (SSSR count). The molecule has 0 spiro atoms. The van der Waals surface area contributed by atoms with E-state index < -0.39 is 15.9 Å². The van der Waals surface area contributed by atoms with Crippen molar-refractivity contribution in [2.24, 2.45) is 0 Å². The second-order valence-electron chi connectivity index (χ2n) is 5.39. The van der Waals surface area contributed by atoms with Gasteiger partial charge in [-0.3, -0.25) is 9.59 Å². The van der Waals surface area contributed by atoms with Gasteiger partial charge in [-0.25, -0.2) is 8.42 Å². The van der Waals surface area contributed by atoms with Crippen LogP contribution in [0.25, 0.3) is 0 Å². The second kappa shape index (κ2) is 8.09. The smallest absolute Gasteiger partial charge is 0.252 e. The summed E-state index contributed by atoms with van der Waals surface area (Å²) in [5.41, 5.74) is 0.180. The van der Waals surface area contributed by atoms with E-state index in [0.29, 0.717) is 24.1 Å². The number of nitrogens with one attached hydrogen (secondary N) is 2. The molecular formula is C15H20BrN3O4S. The molecule has 2 N–H and O–H groups in total. The molecule has 0 aliphatic carbocycles. The van der Waals surface area contributed by atoms with E-state index in [1.807, 2.05) is 0 Å². The second-order valence-corrected chi connectivity index (χ2v) is 8.18. The first-order valence-electron chi connectivity index (χ1n) is 7.71. The van der Waals surface area contributed by atoms with Gasteiger partial charge >= 0.3 is 0 Å². The molecule has 1 fully saturated rings. The van der Waals surface area contributed by atoms with Gasteiger partial charge in [0.05, 0.1) is 17.0 Å². The lowest BCUT2D eigenvalue weighted by Crippen LogP contribution is -2.37. The van der Waals surface area contributed by atoms with Crippen LogP contribution in [0.4, 0.5) is 0 Å². The Balaban J connectivity index is 2.19. The molecule has 1 aliphatic rings. The van der Waals surface area contributed by atoms with Crippen molar-refractivity contribution in [2.75, 3.05) is 26.2 Å². The summed E-state index contributed by atoms with van der Waals surface area (Å²) in [6, 6.07) is 4.34. The first-order valence-corrected chi connectivity index (χ1v) is 9.94. The Morgan fingerprint density at radius 1 is 1.21 bits per heavy atom. The van der Waals surface area contributed by atoms with E-state index in [2.05, 4.69) is 26.6 Å². The number of nitrogens with zero attached hydrogens (tertiary/aromatic N) is 1. The first-order chi connectivity index (χ1) is 11.4. The van der Waals surface area contributed by atoms with E-state index in [0.717, 1.165) is 12.8 Å². The van der Waals surface area contributed by atoms with E-state index >= 15 is 0 Å². The first kappa shape index (κ1) is 18.9. The molecule has 1 heterocycles. The van der Waals surface area contributed by atoms with E-state index in [9.17, 15) is 18.0 Å². The lowest BCUT2D eigenvalue weighted by molar-refractivity contribution is -0.120. The van der Waals surface area contributed by atoms with Crippen molar-refractivity contribution in [3.8, 4) is 0 Å². The van der Waals surface area contributed by atoms with Gasteiger partial charge in [-0.15, -0.1) is 0 Å². The van der Waals surface area contributed by atoms with Crippen molar-refractivity contribution >= 4 is 37.8 Å². The molecule has 0 saturated carbocycles. The number of likely N-dealkylation sites (N-methyl/N-ethyl adjacent to an activating group) is 1. The third kappa shape index (κ3) is 4.34. The minimum Gasteiger partial charge on any atom is -0.355 e. The van der Waals surface area contributed by atoms with Gasteiger partial charge in [0.15, 0.2) is 0 Å². The fourth-order valence-corrected chi connectivity index (χ4v) is 4.40. The number of halogens is 1. The van der Waals surface area contributed by atoms with Gasteiger partial charge in [0.2, 0.25) is 15.9 Å². The molecule has 0 radical (unpaired) electrons. The maximum absolute atomic E-state index is 12.6. The Morgan fingerprint density at radius 2 is 1.88 bits per heavy atom. The highest BCUT2D eigenvalue weighted by atomic mass is 79.9.